The van der Waals surface area contributed by atoms with Crippen LogP contribution in [0.15, 0.2) is 0 Å². The van der Waals surface area contributed by atoms with Gasteiger partial charge in [-0.2, -0.15) is 11.8 Å². The minimum atomic E-state index is -0.674. The number of nitrogens with one attached hydrogen (secondary N) is 2. The molecule has 0 spiro atoms. The summed E-state index contributed by atoms with van der Waals surface area (Å²) >= 11 is 1.50. The van der Waals surface area contributed by atoms with E-state index in [2.05, 4.69) is 10.6 Å². The third-order valence-corrected chi connectivity index (χ3v) is 6.11. The molecule has 0 aromatic carbocycles. The summed E-state index contributed by atoms with van der Waals surface area (Å²) in [5.41, 5.74) is 0. The largest absolute Gasteiger partial charge is 0.350 e. The molecular weight excluding hydrogens is 326 g/mol. The topological polar surface area (TPSA) is 78.5 Å². The fourth-order valence-corrected chi connectivity index (χ4v) is 4.81. The molecule has 0 radical (unpaired) electrons. The van der Waals surface area contributed by atoms with Crippen LogP contribution in [0.25, 0.3) is 0 Å². The lowest BCUT2D eigenvalue weighted by Crippen LogP contribution is -2.55. The first kappa shape index (κ1) is 17.7. The van der Waals surface area contributed by atoms with Gasteiger partial charge in [-0.15, -0.1) is 0 Å². The van der Waals surface area contributed by atoms with Crippen LogP contribution in [0, 0.1) is 11.8 Å². The Kier molecular flexibility index (Phi) is 5.81. The third-order valence-electron chi connectivity index (χ3n) is 5.46. The van der Waals surface area contributed by atoms with Crippen molar-refractivity contribution in [1.82, 2.24) is 15.5 Å². The zero-order chi connectivity index (χ0) is 17.1. The highest BCUT2D eigenvalue weighted by Gasteiger charge is 2.51. The molecule has 0 bridgehead atoms. The summed E-state index contributed by atoms with van der Waals surface area (Å²) in [6.07, 6.45) is 7.45. The van der Waals surface area contributed by atoms with Gasteiger partial charge in [-0.05, 0) is 38.5 Å². The average Bonchev–Trinajstić information content (AvgIpc) is 2.85. The molecule has 2 saturated heterocycles. The van der Waals surface area contributed by atoms with E-state index >= 15 is 0 Å². The molecular formula is C17H27N3O3S. The van der Waals surface area contributed by atoms with Crippen LogP contribution in [0.1, 0.15) is 38.5 Å². The first-order valence-corrected chi connectivity index (χ1v) is 10.4. The van der Waals surface area contributed by atoms with Crippen LogP contribution in [-0.4, -0.2) is 59.8 Å². The van der Waals surface area contributed by atoms with Crippen LogP contribution in [0.5, 0.6) is 0 Å². The van der Waals surface area contributed by atoms with Crippen LogP contribution in [0.2, 0.25) is 0 Å². The van der Waals surface area contributed by atoms with E-state index in [-0.39, 0.29) is 35.6 Å². The van der Waals surface area contributed by atoms with Crippen LogP contribution >= 0.6 is 11.8 Å². The number of fused-ring (bicyclic) bond motifs is 1. The molecule has 3 fully saturated rings. The molecule has 1 aliphatic carbocycles. The normalized spacial score (nSPS) is 31.7. The van der Waals surface area contributed by atoms with Gasteiger partial charge in [-0.3, -0.25) is 19.3 Å². The van der Waals surface area contributed by atoms with Crippen molar-refractivity contribution in [2.24, 2.45) is 11.8 Å². The first-order valence-electron chi connectivity index (χ1n) is 9.00. The highest BCUT2D eigenvalue weighted by atomic mass is 32.2. The number of imide groups is 1. The number of carbonyl (C=O) groups excluding carboxylic acids is 3. The van der Waals surface area contributed by atoms with Gasteiger partial charge >= 0.3 is 0 Å². The van der Waals surface area contributed by atoms with Crippen LogP contribution in [0.3, 0.4) is 0 Å². The number of amides is 3. The van der Waals surface area contributed by atoms with Crippen molar-refractivity contribution < 1.29 is 14.4 Å². The van der Waals surface area contributed by atoms with Crippen molar-refractivity contribution in [3.63, 3.8) is 0 Å². The molecule has 134 valence electrons. The molecule has 6 nitrogen and oxygen atoms in total. The molecule has 7 heteroatoms. The molecule has 2 N–H and O–H groups in total. The van der Waals surface area contributed by atoms with E-state index in [1.165, 1.54) is 16.7 Å². The quantitative estimate of drug-likeness (QED) is 0.714. The van der Waals surface area contributed by atoms with Crippen molar-refractivity contribution in [2.75, 3.05) is 25.1 Å². The van der Waals surface area contributed by atoms with Crippen molar-refractivity contribution in [2.45, 2.75) is 50.6 Å². The Morgan fingerprint density at radius 1 is 1.21 bits per heavy atom. The van der Waals surface area contributed by atoms with Crippen molar-refractivity contribution in [1.29, 1.82) is 0 Å². The summed E-state index contributed by atoms with van der Waals surface area (Å²) < 4.78 is 0. The summed E-state index contributed by atoms with van der Waals surface area (Å²) in [6.45, 7) is 1.73. The van der Waals surface area contributed by atoms with Gasteiger partial charge in [0.05, 0.1) is 11.8 Å². The molecule has 4 atom stereocenters. The fourth-order valence-electron chi connectivity index (χ4n) is 4.19. The molecule has 24 heavy (non-hydrogen) atoms. The van der Waals surface area contributed by atoms with Crippen LogP contribution in [-0.2, 0) is 14.4 Å². The van der Waals surface area contributed by atoms with Gasteiger partial charge in [0.15, 0.2) is 0 Å². The molecule has 1 saturated carbocycles. The number of carbonyl (C=O) groups is 3. The predicted molar refractivity (Wildman–Crippen MR) is 93.5 cm³/mol. The van der Waals surface area contributed by atoms with E-state index in [9.17, 15) is 14.4 Å². The van der Waals surface area contributed by atoms with E-state index in [0.717, 1.165) is 51.6 Å². The smallest absolute Gasteiger partial charge is 0.244 e. The first-order chi connectivity index (χ1) is 11.6. The van der Waals surface area contributed by atoms with E-state index in [1.807, 2.05) is 6.26 Å². The summed E-state index contributed by atoms with van der Waals surface area (Å²) in [5.74, 6) is -0.359. The Morgan fingerprint density at radius 3 is 2.42 bits per heavy atom. The number of hydrogen-bond acceptors (Lipinski definition) is 5. The molecule has 0 aromatic rings. The molecule has 2 aliphatic heterocycles. The molecule has 3 amide bonds. The monoisotopic (exact) mass is 353 g/mol. The molecule has 3 rings (SSSR count). The lowest BCUT2D eigenvalue weighted by Gasteiger charge is -2.29. The van der Waals surface area contributed by atoms with Gasteiger partial charge in [0.2, 0.25) is 17.7 Å². The van der Waals surface area contributed by atoms with Crippen LogP contribution < -0.4 is 10.6 Å². The van der Waals surface area contributed by atoms with Gasteiger partial charge in [0.1, 0.15) is 6.04 Å². The Bertz CT molecular complexity index is 483. The number of hydrogen-bond donors (Lipinski definition) is 2. The standard InChI is InChI=1S/C17H27N3O3S/c1-24-10-14(15(21)19-11-5-4-8-18-9-11)20-16(22)12-6-2-3-7-13(12)17(20)23/h11-14,18H,2-10H2,1H3,(H,19,21)/t11-,12?,13?,14?/m0/s1. The Hall–Kier alpha value is -1.08. The second-order valence-corrected chi connectivity index (χ2v) is 7.98. The molecule has 3 aliphatic rings. The second-order valence-electron chi connectivity index (χ2n) is 7.07. The van der Waals surface area contributed by atoms with Gasteiger partial charge < -0.3 is 10.6 Å². The lowest BCUT2D eigenvalue weighted by atomic mass is 9.81. The number of thioether (sulfide) groups is 1. The maximum Gasteiger partial charge on any atom is 0.244 e. The molecule has 3 unspecified atom stereocenters. The summed E-state index contributed by atoms with van der Waals surface area (Å²) in [6, 6.07) is -0.585. The summed E-state index contributed by atoms with van der Waals surface area (Å²) in [4.78, 5) is 39.6. The zero-order valence-electron chi connectivity index (χ0n) is 14.3. The number of nitrogens with zero attached hydrogens (tertiary/aromatic N) is 1. The highest BCUT2D eigenvalue weighted by molar-refractivity contribution is 7.98. The Balaban J connectivity index is 1.73. The second kappa shape index (κ2) is 7.87. The van der Waals surface area contributed by atoms with E-state index in [0.29, 0.717) is 5.75 Å². The van der Waals surface area contributed by atoms with Gasteiger partial charge in [-0.1, -0.05) is 12.8 Å². The summed E-state index contributed by atoms with van der Waals surface area (Å²) in [7, 11) is 0. The lowest BCUT2D eigenvalue weighted by molar-refractivity contribution is -0.147. The van der Waals surface area contributed by atoms with E-state index < -0.39 is 6.04 Å². The zero-order valence-corrected chi connectivity index (χ0v) is 15.1. The number of likely N-dealkylation sites (tertiary alicyclic amines) is 1. The van der Waals surface area contributed by atoms with Crippen molar-refractivity contribution in [3.8, 4) is 0 Å². The van der Waals surface area contributed by atoms with Crippen molar-refractivity contribution in [3.05, 3.63) is 0 Å². The molecule has 0 aromatic heterocycles. The number of piperidine rings is 1. The minimum absolute atomic E-state index is 0.0886. The Morgan fingerprint density at radius 2 is 1.88 bits per heavy atom. The number of rotatable bonds is 5. The predicted octanol–water partition coefficient (Wildman–Crippen LogP) is 0.761. The fraction of sp³-hybridized carbons (Fsp3) is 0.824. The maximum atomic E-state index is 12.8. The van der Waals surface area contributed by atoms with Gasteiger partial charge in [0, 0.05) is 18.3 Å². The van der Waals surface area contributed by atoms with E-state index in [1.54, 1.807) is 0 Å². The van der Waals surface area contributed by atoms with Gasteiger partial charge in [0.25, 0.3) is 0 Å². The summed E-state index contributed by atoms with van der Waals surface area (Å²) in [5, 5.41) is 6.31. The van der Waals surface area contributed by atoms with Crippen molar-refractivity contribution >= 4 is 29.5 Å². The third kappa shape index (κ3) is 3.47. The SMILES string of the molecule is CSCC(C(=O)N[C@H]1CCCNC1)N1C(=O)C2CCCCC2C1=O. The molecule has 2 heterocycles. The van der Waals surface area contributed by atoms with Gasteiger partial charge in [-0.25, -0.2) is 0 Å². The maximum absolute atomic E-state index is 12.8. The van der Waals surface area contributed by atoms with E-state index in [4.69, 9.17) is 0 Å². The Labute approximate surface area is 147 Å². The average molecular weight is 353 g/mol. The minimum Gasteiger partial charge on any atom is -0.350 e. The highest BCUT2D eigenvalue weighted by Crippen LogP contribution is 2.39. The van der Waals surface area contributed by atoms with Crippen LogP contribution in [0.4, 0.5) is 0 Å².